The number of benzene rings is 2. The molecule has 1 N–H and O–H groups in total. The Balaban J connectivity index is 1.82. The average molecular weight is 373 g/mol. The molecule has 0 fully saturated rings. The van der Waals surface area contributed by atoms with E-state index in [0.29, 0.717) is 18.1 Å². The van der Waals surface area contributed by atoms with Crippen molar-refractivity contribution >= 4 is 28.5 Å². The highest BCUT2D eigenvalue weighted by Crippen LogP contribution is 2.30. The zero-order chi connectivity index (χ0) is 18.8. The Morgan fingerprint density at radius 3 is 2.62 bits per heavy atom. The van der Waals surface area contributed by atoms with Crippen molar-refractivity contribution in [3.63, 3.8) is 0 Å². The first-order valence-electron chi connectivity index (χ1n) is 8.47. The van der Waals surface area contributed by atoms with Crippen molar-refractivity contribution in [2.75, 3.05) is 0 Å². The van der Waals surface area contributed by atoms with E-state index in [1.807, 2.05) is 45.0 Å². The van der Waals surface area contributed by atoms with Crippen molar-refractivity contribution in [3.8, 4) is 5.75 Å². The molecule has 26 heavy (non-hydrogen) atoms. The molecule has 0 aliphatic heterocycles. The van der Waals surface area contributed by atoms with Crippen molar-refractivity contribution in [1.82, 2.24) is 0 Å². The van der Waals surface area contributed by atoms with E-state index in [0.717, 1.165) is 44.7 Å². The zero-order valence-corrected chi connectivity index (χ0v) is 15.8. The quantitative estimate of drug-likeness (QED) is 0.611. The smallest absolute Gasteiger partial charge is 0.303 e. The first-order chi connectivity index (χ1) is 12.3. The van der Waals surface area contributed by atoms with Gasteiger partial charge in [0.25, 0.3) is 0 Å². The number of aryl methyl sites for hydroxylation is 2. The van der Waals surface area contributed by atoms with E-state index in [1.54, 1.807) is 6.07 Å². The van der Waals surface area contributed by atoms with Crippen LogP contribution in [0.4, 0.5) is 0 Å². The van der Waals surface area contributed by atoms with Gasteiger partial charge in [0.15, 0.2) is 0 Å². The second-order valence-electron chi connectivity index (χ2n) is 6.49. The summed E-state index contributed by atoms with van der Waals surface area (Å²) in [4.78, 5) is 10.8. The second-order valence-corrected chi connectivity index (χ2v) is 6.93. The number of hydrogen-bond acceptors (Lipinski definition) is 3. The molecule has 3 aromatic rings. The summed E-state index contributed by atoms with van der Waals surface area (Å²) in [5.41, 5.74) is 4.85. The number of carbonyl (C=O) groups is 1. The normalized spacial score (nSPS) is 11.1. The number of carboxylic acids is 1. The van der Waals surface area contributed by atoms with Crippen LogP contribution >= 0.6 is 11.6 Å². The maximum atomic E-state index is 10.8. The topological polar surface area (TPSA) is 59.7 Å². The zero-order valence-electron chi connectivity index (χ0n) is 15.1. The van der Waals surface area contributed by atoms with Crippen molar-refractivity contribution < 1.29 is 19.1 Å². The van der Waals surface area contributed by atoms with Crippen LogP contribution in [0.3, 0.4) is 0 Å². The van der Waals surface area contributed by atoms with Crippen LogP contribution in [0.1, 0.15) is 34.4 Å². The molecule has 0 saturated heterocycles. The molecule has 4 nitrogen and oxygen atoms in total. The Labute approximate surface area is 157 Å². The van der Waals surface area contributed by atoms with Gasteiger partial charge >= 0.3 is 5.97 Å². The largest absolute Gasteiger partial charge is 0.489 e. The molecule has 1 aromatic heterocycles. The van der Waals surface area contributed by atoms with Gasteiger partial charge in [-0.3, -0.25) is 4.79 Å². The van der Waals surface area contributed by atoms with Crippen LogP contribution in [0.15, 0.2) is 34.7 Å². The van der Waals surface area contributed by atoms with E-state index >= 15 is 0 Å². The summed E-state index contributed by atoms with van der Waals surface area (Å²) in [6.07, 6.45) is 0.645. The lowest BCUT2D eigenvalue weighted by molar-refractivity contribution is -0.136. The Morgan fingerprint density at radius 1 is 1.12 bits per heavy atom. The Hall–Kier alpha value is -2.46. The number of aliphatic carboxylic acids is 1. The number of halogens is 1. The standard InChI is InChI=1S/C21H21ClO4/c1-12-8-18-16(9-17(22)10-20(18)26-12)11-25-19-6-4-15(5-7-21(23)24)13(2)14(19)3/h4,6,8-10H,5,7,11H2,1-3H3,(H,23,24). The van der Waals surface area contributed by atoms with Gasteiger partial charge in [-0.15, -0.1) is 0 Å². The third-order valence-electron chi connectivity index (χ3n) is 4.65. The Bertz CT molecular complexity index is 972. The fourth-order valence-corrected chi connectivity index (χ4v) is 3.33. The lowest BCUT2D eigenvalue weighted by Gasteiger charge is -2.14. The molecule has 0 aliphatic carbocycles. The molecule has 0 saturated carbocycles. The summed E-state index contributed by atoms with van der Waals surface area (Å²) in [5.74, 6) is 0.830. The fourth-order valence-electron chi connectivity index (χ4n) is 3.10. The summed E-state index contributed by atoms with van der Waals surface area (Å²) >= 11 is 6.19. The van der Waals surface area contributed by atoms with Crippen LogP contribution in [0, 0.1) is 20.8 Å². The Morgan fingerprint density at radius 2 is 1.88 bits per heavy atom. The van der Waals surface area contributed by atoms with Gasteiger partial charge < -0.3 is 14.3 Å². The highest BCUT2D eigenvalue weighted by atomic mass is 35.5. The minimum absolute atomic E-state index is 0.126. The van der Waals surface area contributed by atoms with Crippen LogP contribution in [-0.4, -0.2) is 11.1 Å². The van der Waals surface area contributed by atoms with Gasteiger partial charge in [-0.1, -0.05) is 17.7 Å². The summed E-state index contributed by atoms with van der Waals surface area (Å²) in [6, 6.07) is 9.53. The molecule has 2 aromatic carbocycles. The van der Waals surface area contributed by atoms with Crippen LogP contribution in [0.2, 0.25) is 5.02 Å². The van der Waals surface area contributed by atoms with Gasteiger partial charge in [-0.25, -0.2) is 0 Å². The number of hydrogen-bond donors (Lipinski definition) is 1. The average Bonchev–Trinajstić information content (AvgIpc) is 2.95. The SMILES string of the molecule is Cc1cc2c(COc3ccc(CCC(=O)O)c(C)c3C)cc(Cl)cc2o1. The van der Waals surface area contributed by atoms with Gasteiger partial charge in [0.1, 0.15) is 23.7 Å². The lowest BCUT2D eigenvalue weighted by Crippen LogP contribution is -2.03. The van der Waals surface area contributed by atoms with Crippen LogP contribution in [0.25, 0.3) is 11.0 Å². The second kappa shape index (κ2) is 7.42. The molecule has 5 heteroatoms. The minimum Gasteiger partial charge on any atom is -0.489 e. The minimum atomic E-state index is -0.789. The highest BCUT2D eigenvalue weighted by Gasteiger charge is 2.12. The monoisotopic (exact) mass is 372 g/mol. The molecule has 0 bridgehead atoms. The van der Waals surface area contributed by atoms with E-state index in [-0.39, 0.29) is 6.42 Å². The maximum absolute atomic E-state index is 10.8. The molecular formula is C21H21ClO4. The van der Waals surface area contributed by atoms with Gasteiger partial charge in [0, 0.05) is 28.5 Å². The maximum Gasteiger partial charge on any atom is 0.303 e. The van der Waals surface area contributed by atoms with Crippen molar-refractivity contribution in [2.45, 2.75) is 40.2 Å². The van der Waals surface area contributed by atoms with Gasteiger partial charge in [0.2, 0.25) is 0 Å². The van der Waals surface area contributed by atoms with Crippen molar-refractivity contribution in [2.24, 2.45) is 0 Å². The first kappa shape index (κ1) is 18.3. The fraction of sp³-hybridized carbons (Fsp3) is 0.286. The number of fused-ring (bicyclic) bond motifs is 1. The molecule has 0 amide bonds. The summed E-state index contributed by atoms with van der Waals surface area (Å²) in [7, 11) is 0. The van der Waals surface area contributed by atoms with Crippen molar-refractivity contribution in [1.29, 1.82) is 0 Å². The molecule has 3 rings (SSSR count). The van der Waals surface area contributed by atoms with Crippen LogP contribution in [0.5, 0.6) is 5.75 Å². The number of furan rings is 1. The van der Waals surface area contributed by atoms with Crippen LogP contribution < -0.4 is 4.74 Å². The molecule has 0 atom stereocenters. The van der Waals surface area contributed by atoms with Crippen LogP contribution in [-0.2, 0) is 17.8 Å². The molecule has 0 radical (unpaired) electrons. The highest BCUT2D eigenvalue weighted by molar-refractivity contribution is 6.31. The van der Waals surface area contributed by atoms with Gasteiger partial charge in [-0.05, 0) is 62.1 Å². The number of ether oxygens (including phenoxy) is 1. The molecule has 0 unspecified atom stereocenters. The van der Waals surface area contributed by atoms with Gasteiger partial charge in [-0.2, -0.15) is 0 Å². The summed E-state index contributed by atoms with van der Waals surface area (Å²) < 4.78 is 11.7. The molecule has 1 heterocycles. The van der Waals surface area contributed by atoms with Gasteiger partial charge in [0.05, 0.1) is 0 Å². The van der Waals surface area contributed by atoms with E-state index < -0.39 is 5.97 Å². The third-order valence-corrected chi connectivity index (χ3v) is 4.87. The summed E-state index contributed by atoms with van der Waals surface area (Å²) in [5, 5.41) is 10.5. The Kier molecular flexibility index (Phi) is 5.23. The number of rotatable bonds is 6. The third kappa shape index (κ3) is 3.86. The molecular weight excluding hydrogens is 352 g/mol. The molecule has 0 spiro atoms. The lowest BCUT2D eigenvalue weighted by atomic mass is 9.99. The predicted molar refractivity (Wildman–Crippen MR) is 102 cm³/mol. The predicted octanol–water partition coefficient (Wildman–Crippen LogP) is 5.61. The molecule has 0 aliphatic rings. The molecule has 136 valence electrons. The van der Waals surface area contributed by atoms with Crippen molar-refractivity contribution in [3.05, 3.63) is 63.4 Å². The number of carboxylic acid groups (broad SMARTS) is 1. The van der Waals surface area contributed by atoms with E-state index in [9.17, 15) is 4.79 Å². The van der Waals surface area contributed by atoms with E-state index in [4.69, 9.17) is 25.9 Å². The van der Waals surface area contributed by atoms with E-state index in [1.165, 1.54) is 0 Å². The first-order valence-corrected chi connectivity index (χ1v) is 8.85. The van der Waals surface area contributed by atoms with E-state index in [2.05, 4.69) is 0 Å². The summed E-state index contributed by atoms with van der Waals surface area (Å²) in [6.45, 7) is 6.27.